The van der Waals surface area contributed by atoms with Crippen LogP contribution in [0, 0.1) is 6.92 Å². The number of aldehydes is 1. The highest BCUT2D eigenvalue weighted by Gasteiger charge is 2.04. The summed E-state index contributed by atoms with van der Waals surface area (Å²) in [6.07, 6.45) is 0.837. The van der Waals surface area contributed by atoms with E-state index in [1.807, 2.05) is 19.1 Å². The molecule has 0 aliphatic carbocycles. The Hall–Kier alpha value is -1.61. The molecule has 1 aromatic carbocycles. The number of carbonyl (C=O) groups excluding carboxylic acids is 1. The van der Waals surface area contributed by atoms with Crippen LogP contribution in [0.2, 0.25) is 0 Å². The van der Waals surface area contributed by atoms with Crippen molar-refractivity contribution in [3.8, 4) is 16.2 Å². The summed E-state index contributed by atoms with van der Waals surface area (Å²) in [5.41, 5.74) is 1.96. The lowest BCUT2D eigenvalue weighted by molar-refractivity contribution is 0.112. The van der Waals surface area contributed by atoms with Crippen molar-refractivity contribution >= 4 is 17.6 Å². The van der Waals surface area contributed by atoms with Crippen molar-refractivity contribution in [2.24, 2.45) is 0 Å². The molecular weight excluding hydrogens is 208 g/mol. The minimum absolute atomic E-state index is 0.256. The van der Waals surface area contributed by atoms with Crippen LogP contribution in [0.15, 0.2) is 30.3 Å². The fourth-order valence-corrected chi connectivity index (χ4v) is 2.29. The third-order valence-corrected chi connectivity index (χ3v) is 3.15. The quantitative estimate of drug-likeness (QED) is 0.786. The van der Waals surface area contributed by atoms with Gasteiger partial charge in [0.05, 0.1) is 4.88 Å². The third-order valence-electron chi connectivity index (χ3n) is 2.09. The Bertz CT molecular complexity index is 480. The first-order valence-electron chi connectivity index (χ1n) is 4.55. The molecule has 0 atom stereocenters. The number of hydrogen-bond acceptors (Lipinski definition) is 3. The molecule has 1 N–H and O–H groups in total. The number of hydrogen-bond donors (Lipinski definition) is 1. The second kappa shape index (κ2) is 3.87. The van der Waals surface area contributed by atoms with Gasteiger partial charge < -0.3 is 5.11 Å². The third kappa shape index (κ3) is 2.07. The number of benzene rings is 1. The average molecular weight is 218 g/mol. The zero-order valence-corrected chi connectivity index (χ0v) is 9.04. The van der Waals surface area contributed by atoms with Gasteiger partial charge in [0.2, 0.25) is 0 Å². The van der Waals surface area contributed by atoms with E-state index in [9.17, 15) is 9.90 Å². The molecule has 0 fully saturated rings. The highest BCUT2D eigenvalue weighted by Crippen LogP contribution is 2.30. The first-order chi connectivity index (χ1) is 7.19. The first-order valence-corrected chi connectivity index (χ1v) is 5.37. The molecule has 15 heavy (non-hydrogen) atoms. The first kappa shape index (κ1) is 9.93. The van der Waals surface area contributed by atoms with Gasteiger partial charge in [-0.05, 0) is 42.3 Å². The largest absolute Gasteiger partial charge is 0.508 e. The number of rotatable bonds is 2. The van der Waals surface area contributed by atoms with Crippen LogP contribution < -0.4 is 0 Å². The fourth-order valence-electron chi connectivity index (χ4n) is 1.48. The molecule has 0 amide bonds. The Morgan fingerprint density at radius 2 is 2.07 bits per heavy atom. The SMILES string of the molecule is Cc1cc(O)cc(-c2ccc(C=O)s2)c1. The Morgan fingerprint density at radius 1 is 1.27 bits per heavy atom. The minimum Gasteiger partial charge on any atom is -0.508 e. The minimum atomic E-state index is 0.256. The van der Waals surface area contributed by atoms with Crippen LogP contribution in [0.5, 0.6) is 5.75 Å². The summed E-state index contributed by atoms with van der Waals surface area (Å²) in [5.74, 6) is 0.256. The summed E-state index contributed by atoms with van der Waals surface area (Å²) in [7, 11) is 0. The van der Waals surface area contributed by atoms with Gasteiger partial charge in [0.25, 0.3) is 0 Å². The second-order valence-corrected chi connectivity index (χ2v) is 4.49. The van der Waals surface area contributed by atoms with Crippen molar-refractivity contribution in [3.63, 3.8) is 0 Å². The molecule has 0 saturated carbocycles. The molecule has 2 nitrogen and oxygen atoms in total. The van der Waals surface area contributed by atoms with Gasteiger partial charge in [-0.25, -0.2) is 0 Å². The van der Waals surface area contributed by atoms with Crippen molar-refractivity contribution in [2.75, 3.05) is 0 Å². The molecule has 2 aromatic rings. The van der Waals surface area contributed by atoms with E-state index in [0.29, 0.717) is 4.88 Å². The molecule has 2 rings (SSSR count). The van der Waals surface area contributed by atoms with Gasteiger partial charge in [0.1, 0.15) is 5.75 Å². The van der Waals surface area contributed by atoms with E-state index in [2.05, 4.69) is 0 Å². The number of phenolic OH excluding ortho intramolecular Hbond substituents is 1. The maximum Gasteiger partial charge on any atom is 0.160 e. The number of carbonyl (C=O) groups is 1. The highest BCUT2D eigenvalue weighted by molar-refractivity contribution is 7.17. The van der Waals surface area contributed by atoms with Crippen molar-refractivity contribution in [1.29, 1.82) is 0 Å². The van der Waals surface area contributed by atoms with E-state index in [0.717, 1.165) is 22.3 Å². The van der Waals surface area contributed by atoms with Crippen LogP contribution in [0.3, 0.4) is 0 Å². The molecular formula is C12H10O2S. The van der Waals surface area contributed by atoms with Crippen LogP contribution in [0.1, 0.15) is 15.2 Å². The van der Waals surface area contributed by atoms with E-state index in [-0.39, 0.29) is 5.75 Å². The van der Waals surface area contributed by atoms with Crippen LogP contribution >= 0.6 is 11.3 Å². The van der Waals surface area contributed by atoms with Gasteiger partial charge in [0.15, 0.2) is 6.29 Å². The molecule has 0 radical (unpaired) electrons. The lowest BCUT2D eigenvalue weighted by atomic mass is 10.1. The molecule has 3 heteroatoms. The predicted molar refractivity (Wildman–Crippen MR) is 61.5 cm³/mol. The van der Waals surface area contributed by atoms with Crippen molar-refractivity contribution < 1.29 is 9.90 Å². The van der Waals surface area contributed by atoms with Crippen molar-refractivity contribution in [3.05, 3.63) is 40.8 Å². The molecule has 1 heterocycles. The van der Waals surface area contributed by atoms with Crippen molar-refractivity contribution in [1.82, 2.24) is 0 Å². The fraction of sp³-hybridized carbons (Fsp3) is 0.0833. The Kier molecular flexibility index (Phi) is 2.56. The molecule has 0 saturated heterocycles. The van der Waals surface area contributed by atoms with E-state index in [4.69, 9.17) is 0 Å². The summed E-state index contributed by atoms with van der Waals surface area (Å²) < 4.78 is 0. The number of phenols is 1. The molecule has 0 spiro atoms. The van der Waals surface area contributed by atoms with E-state index >= 15 is 0 Å². The zero-order valence-electron chi connectivity index (χ0n) is 8.23. The Morgan fingerprint density at radius 3 is 2.67 bits per heavy atom. The Balaban J connectivity index is 2.48. The summed E-state index contributed by atoms with van der Waals surface area (Å²) >= 11 is 1.42. The predicted octanol–water partition coefficient (Wildman–Crippen LogP) is 3.24. The average Bonchev–Trinajstić information content (AvgIpc) is 2.64. The highest BCUT2D eigenvalue weighted by atomic mass is 32.1. The monoisotopic (exact) mass is 218 g/mol. The zero-order chi connectivity index (χ0) is 10.8. The van der Waals surface area contributed by atoms with Crippen LogP contribution in [-0.2, 0) is 0 Å². The topological polar surface area (TPSA) is 37.3 Å². The van der Waals surface area contributed by atoms with Gasteiger partial charge in [-0.15, -0.1) is 11.3 Å². The van der Waals surface area contributed by atoms with Crippen LogP contribution in [-0.4, -0.2) is 11.4 Å². The molecule has 0 aliphatic rings. The normalized spacial score (nSPS) is 10.2. The standard InChI is InChI=1S/C12H10O2S/c1-8-4-9(6-10(14)5-8)12-3-2-11(7-13)15-12/h2-7,14H,1H3. The summed E-state index contributed by atoms with van der Waals surface area (Å²) in [6.45, 7) is 1.93. The Labute approximate surface area is 91.8 Å². The van der Waals surface area contributed by atoms with Gasteiger partial charge >= 0.3 is 0 Å². The van der Waals surface area contributed by atoms with E-state index in [1.54, 1.807) is 18.2 Å². The van der Waals surface area contributed by atoms with Crippen molar-refractivity contribution in [2.45, 2.75) is 6.92 Å². The molecule has 0 bridgehead atoms. The van der Waals surface area contributed by atoms with Gasteiger partial charge in [0, 0.05) is 4.88 Å². The summed E-state index contributed by atoms with van der Waals surface area (Å²) in [6, 6.07) is 9.07. The molecule has 76 valence electrons. The number of thiophene rings is 1. The maximum absolute atomic E-state index is 10.5. The van der Waals surface area contributed by atoms with Gasteiger partial charge in [-0.2, -0.15) is 0 Å². The van der Waals surface area contributed by atoms with Gasteiger partial charge in [-0.1, -0.05) is 6.07 Å². The number of aryl methyl sites for hydroxylation is 1. The van der Waals surface area contributed by atoms with Crippen LogP contribution in [0.4, 0.5) is 0 Å². The molecule has 1 aromatic heterocycles. The lowest BCUT2D eigenvalue weighted by Gasteiger charge is -2.00. The van der Waals surface area contributed by atoms with Crippen LogP contribution in [0.25, 0.3) is 10.4 Å². The summed E-state index contributed by atoms with van der Waals surface area (Å²) in [5, 5.41) is 9.45. The van der Waals surface area contributed by atoms with E-state index in [1.165, 1.54) is 11.3 Å². The second-order valence-electron chi connectivity index (χ2n) is 3.38. The smallest absolute Gasteiger partial charge is 0.160 e. The lowest BCUT2D eigenvalue weighted by Crippen LogP contribution is -1.76. The molecule has 0 unspecified atom stereocenters. The molecule has 0 aliphatic heterocycles. The maximum atomic E-state index is 10.5. The summed E-state index contributed by atoms with van der Waals surface area (Å²) in [4.78, 5) is 12.2. The number of aromatic hydroxyl groups is 1. The van der Waals surface area contributed by atoms with E-state index < -0.39 is 0 Å². The van der Waals surface area contributed by atoms with Gasteiger partial charge in [-0.3, -0.25) is 4.79 Å².